The Labute approximate surface area is 188 Å². The topological polar surface area (TPSA) is 86.1 Å². The summed E-state index contributed by atoms with van der Waals surface area (Å²) in [6.07, 6.45) is 11.8. The summed E-state index contributed by atoms with van der Waals surface area (Å²) in [6, 6.07) is 8.20. The van der Waals surface area contributed by atoms with Crippen molar-refractivity contribution in [3.63, 3.8) is 0 Å². The maximum absolute atomic E-state index is 12.1. The van der Waals surface area contributed by atoms with Gasteiger partial charge in [-0.2, -0.15) is 5.26 Å². The molecule has 1 aliphatic heterocycles. The van der Waals surface area contributed by atoms with Gasteiger partial charge in [0.2, 0.25) is 10.0 Å². The van der Waals surface area contributed by atoms with Gasteiger partial charge in [-0.1, -0.05) is 23.8 Å². The second-order valence-corrected chi connectivity index (χ2v) is 9.75. The fraction of sp³-hybridized carbons (Fsp3) is 0.304. The van der Waals surface area contributed by atoms with Crippen molar-refractivity contribution in [2.75, 3.05) is 24.2 Å². The molecule has 1 aromatic heterocycles. The van der Waals surface area contributed by atoms with Crippen LogP contribution in [0.25, 0.3) is 16.3 Å². The third-order valence-corrected chi connectivity index (χ3v) is 7.36. The summed E-state index contributed by atoms with van der Waals surface area (Å²) in [4.78, 5) is 4.27. The van der Waals surface area contributed by atoms with Crippen LogP contribution < -0.4 is 5.32 Å². The van der Waals surface area contributed by atoms with E-state index in [0.29, 0.717) is 13.1 Å². The van der Waals surface area contributed by atoms with Crippen LogP contribution in [0, 0.1) is 11.3 Å². The molecular formula is C23H25ClN4O2S. The van der Waals surface area contributed by atoms with Gasteiger partial charge in [-0.25, -0.2) is 12.7 Å². The van der Waals surface area contributed by atoms with Crippen molar-refractivity contribution in [1.82, 2.24) is 9.29 Å². The molecule has 2 aromatic rings. The fourth-order valence-electron chi connectivity index (χ4n) is 3.68. The number of allylic oxidation sites excluding steroid dienone is 5. The van der Waals surface area contributed by atoms with Crippen LogP contribution in [0.1, 0.15) is 25.3 Å². The summed E-state index contributed by atoms with van der Waals surface area (Å²) in [6.45, 7) is 2.71. The molecule has 0 radical (unpaired) electrons. The normalized spacial score (nSPS) is 16.9. The number of fused-ring (bicyclic) bond motifs is 1. The molecule has 2 heterocycles. The first-order valence-electron chi connectivity index (χ1n) is 10.1. The summed E-state index contributed by atoms with van der Waals surface area (Å²) < 4.78 is 25.8. The zero-order chi connectivity index (χ0) is 22.3. The minimum atomic E-state index is -3.15. The smallest absolute Gasteiger partial charge is 0.213 e. The first-order chi connectivity index (χ1) is 15.0. The lowest BCUT2D eigenvalue weighted by molar-refractivity contribution is 0.330. The minimum absolute atomic E-state index is 0.132. The van der Waals surface area contributed by atoms with Gasteiger partial charge in [0.25, 0.3) is 0 Å². The molecule has 6 nitrogen and oxygen atoms in total. The third-order valence-electron chi connectivity index (χ3n) is 5.35. The molecule has 0 unspecified atom stereocenters. The Morgan fingerprint density at radius 1 is 1.39 bits per heavy atom. The molecule has 31 heavy (non-hydrogen) atoms. The molecule has 1 aliphatic rings. The summed E-state index contributed by atoms with van der Waals surface area (Å²) >= 11 is 5.85. The summed E-state index contributed by atoms with van der Waals surface area (Å²) in [5, 5.41) is 14.4. The Morgan fingerprint density at radius 2 is 2.16 bits per heavy atom. The molecule has 8 heteroatoms. The summed E-state index contributed by atoms with van der Waals surface area (Å²) in [5.41, 5.74) is 4.20. The number of pyridine rings is 1. The van der Waals surface area contributed by atoms with Gasteiger partial charge in [0.05, 0.1) is 11.8 Å². The number of hydrogen-bond donors (Lipinski definition) is 1. The van der Waals surface area contributed by atoms with Gasteiger partial charge in [0.1, 0.15) is 0 Å². The van der Waals surface area contributed by atoms with E-state index in [-0.39, 0.29) is 11.8 Å². The minimum Gasteiger partial charge on any atom is -0.382 e. The monoisotopic (exact) mass is 456 g/mol. The van der Waals surface area contributed by atoms with E-state index >= 15 is 0 Å². The molecular weight excluding hydrogens is 432 g/mol. The largest absolute Gasteiger partial charge is 0.382 e. The predicted molar refractivity (Wildman–Crippen MR) is 127 cm³/mol. The van der Waals surface area contributed by atoms with Crippen LogP contribution in [0.2, 0.25) is 0 Å². The number of hydrogen-bond acceptors (Lipinski definition) is 5. The molecule has 3 rings (SSSR count). The molecule has 0 saturated carbocycles. The van der Waals surface area contributed by atoms with E-state index in [1.807, 2.05) is 30.5 Å². The zero-order valence-electron chi connectivity index (χ0n) is 17.3. The van der Waals surface area contributed by atoms with Gasteiger partial charge < -0.3 is 5.32 Å². The summed E-state index contributed by atoms with van der Waals surface area (Å²) in [7, 11) is -3.15. The zero-order valence-corrected chi connectivity index (χ0v) is 18.9. The molecule has 1 aromatic carbocycles. The molecule has 1 saturated heterocycles. The second kappa shape index (κ2) is 10.6. The highest BCUT2D eigenvalue weighted by Crippen LogP contribution is 2.31. The van der Waals surface area contributed by atoms with Crippen LogP contribution >= 0.6 is 11.6 Å². The van der Waals surface area contributed by atoms with Gasteiger partial charge in [0, 0.05) is 54.2 Å². The van der Waals surface area contributed by atoms with Crippen molar-refractivity contribution >= 4 is 43.7 Å². The molecule has 0 spiro atoms. The molecule has 162 valence electrons. The van der Waals surface area contributed by atoms with Crippen LogP contribution in [-0.2, 0) is 10.0 Å². The van der Waals surface area contributed by atoms with E-state index in [0.717, 1.165) is 40.4 Å². The third kappa shape index (κ3) is 5.73. The van der Waals surface area contributed by atoms with Gasteiger partial charge in [-0.3, -0.25) is 4.98 Å². The average molecular weight is 457 g/mol. The standard InChI is InChI=1S/C23H25ClN4O2S/c1-2-31(29,30)28-13-8-21(9-14-28)27-23-16-20(15-19-7-12-26-17-22(19)23)18(6-10-24)5-3-4-11-25/h3-7,10,12,15-17,21,27H,2,8-9,13-14H2,1H3. The van der Waals surface area contributed by atoms with E-state index in [1.54, 1.807) is 29.6 Å². The lowest BCUT2D eigenvalue weighted by Gasteiger charge is -2.32. The number of aromatic nitrogens is 1. The van der Waals surface area contributed by atoms with E-state index in [4.69, 9.17) is 16.9 Å². The quantitative estimate of drug-likeness (QED) is 0.483. The number of rotatable bonds is 7. The van der Waals surface area contributed by atoms with Crippen molar-refractivity contribution in [2.24, 2.45) is 0 Å². The highest BCUT2D eigenvalue weighted by molar-refractivity contribution is 7.89. The Hall–Kier alpha value is -2.66. The van der Waals surface area contributed by atoms with E-state index in [9.17, 15) is 8.42 Å². The number of halogens is 1. The average Bonchev–Trinajstić information content (AvgIpc) is 2.79. The Bertz CT molecular complexity index is 1160. The molecule has 0 aliphatic carbocycles. The maximum Gasteiger partial charge on any atom is 0.213 e. The Morgan fingerprint density at radius 3 is 2.84 bits per heavy atom. The van der Waals surface area contributed by atoms with Gasteiger partial charge >= 0.3 is 0 Å². The van der Waals surface area contributed by atoms with Gasteiger partial charge in [-0.15, -0.1) is 0 Å². The van der Waals surface area contributed by atoms with E-state index in [1.165, 1.54) is 11.6 Å². The number of sulfonamides is 1. The molecule has 0 amide bonds. The fourth-order valence-corrected chi connectivity index (χ4v) is 4.94. The molecule has 1 N–H and O–H groups in total. The molecule has 1 fully saturated rings. The summed E-state index contributed by atoms with van der Waals surface area (Å²) in [5.74, 6) is 0.132. The lowest BCUT2D eigenvalue weighted by atomic mass is 9.99. The van der Waals surface area contributed by atoms with Crippen molar-refractivity contribution in [3.05, 3.63) is 66.0 Å². The first kappa shape index (κ1) is 23.0. The maximum atomic E-state index is 12.1. The predicted octanol–water partition coefficient (Wildman–Crippen LogP) is 4.68. The van der Waals surface area contributed by atoms with Crippen LogP contribution in [0.3, 0.4) is 0 Å². The highest BCUT2D eigenvalue weighted by atomic mass is 35.5. The SMILES string of the molecule is CCS(=O)(=O)N1CCC(Nc2cc(C(C=CCl)=CC=CC#N)cc3ccncc23)CC1. The van der Waals surface area contributed by atoms with Crippen LogP contribution in [0.15, 0.2) is 60.4 Å². The Kier molecular flexibility index (Phi) is 7.85. The van der Waals surface area contributed by atoms with E-state index in [2.05, 4.69) is 16.4 Å². The molecule has 0 atom stereocenters. The Balaban J connectivity index is 1.91. The van der Waals surface area contributed by atoms with Crippen molar-refractivity contribution in [3.8, 4) is 6.07 Å². The number of nitrogens with one attached hydrogen (secondary N) is 1. The number of piperidine rings is 1. The van der Waals surface area contributed by atoms with Crippen molar-refractivity contribution in [2.45, 2.75) is 25.8 Å². The van der Waals surface area contributed by atoms with Gasteiger partial charge in [0.15, 0.2) is 0 Å². The molecule has 0 bridgehead atoms. The van der Waals surface area contributed by atoms with Crippen LogP contribution in [0.4, 0.5) is 5.69 Å². The van der Waals surface area contributed by atoms with Gasteiger partial charge in [-0.05, 0) is 60.6 Å². The highest BCUT2D eigenvalue weighted by Gasteiger charge is 2.26. The number of nitrogens with zero attached hydrogens (tertiary/aromatic N) is 3. The van der Waals surface area contributed by atoms with Crippen molar-refractivity contribution < 1.29 is 8.42 Å². The first-order valence-corrected chi connectivity index (χ1v) is 12.2. The number of anilines is 1. The van der Waals surface area contributed by atoms with E-state index < -0.39 is 10.0 Å². The van der Waals surface area contributed by atoms with Crippen LogP contribution in [-0.4, -0.2) is 42.6 Å². The van der Waals surface area contributed by atoms with Crippen molar-refractivity contribution in [1.29, 1.82) is 5.26 Å². The number of benzene rings is 1. The van der Waals surface area contributed by atoms with Crippen LogP contribution in [0.5, 0.6) is 0 Å². The lowest BCUT2D eigenvalue weighted by Crippen LogP contribution is -2.42. The second-order valence-electron chi connectivity index (χ2n) is 7.24. The number of nitriles is 1.